The zero-order valence-corrected chi connectivity index (χ0v) is 14.1. The summed E-state index contributed by atoms with van der Waals surface area (Å²) in [7, 11) is 0. The Balaban J connectivity index is 1.42. The van der Waals surface area contributed by atoms with Gasteiger partial charge in [-0.15, -0.1) is 0 Å². The molecular formula is C18H19FN6O. The lowest BCUT2D eigenvalue weighted by molar-refractivity contribution is 0.303. The molecule has 3 aromatic heterocycles. The van der Waals surface area contributed by atoms with Gasteiger partial charge in [-0.05, 0) is 18.9 Å². The van der Waals surface area contributed by atoms with E-state index in [0.717, 1.165) is 29.9 Å². The summed E-state index contributed by atoms with van der Waals surface area (Å²) in [6.45, 7) is 0.940. The van der Waals surface area contributed by atoms with Crippen LogP contribution in [0.15, 0.2) is 36.9 Å². The maximum absolute atomic E-state index is 13.8. The summed E-state index contributed by atoms with van der Waals surface area (Å²) in [6, 6.07) is 3.57. The Morgan fingerprint density at radius 2 is 2.15 bits per heavy atom. The molecule has 5 rings (SSSR count). The molecule has 2 atom stereocenters. The van der Waals surface area contributed by atoms with Crippen molar-refractivity contribution in [3.63, 3.8) is 0 Å². The number of nitrogens with one attached hydrogen (secondary N) is 2. The predicted molar refractivity (Wildman–Crippen MR) is 95.0 cm³/mol. The van der Waals surface area contributed by atoms with Crippen LogP contribution < -0.4 is 15.4 Å². The molecule has 2 aliphatic rings. The average Bonchev–Trinajstić information content (AvgIpc) is 3.22. The third kappa shape index (κ3) is 2.96. The second-order valence-electron chi connectivity index (χ2n) is 6.77. The van der Waals surface area contributed by atoms with Gasteiger partial charge >= 0.3 is 0 Å². The maximum Gasteiger partial charge on any atom is 0.145 e. The Labute approximate surface area is 149 Å². The molecule has 1 aliphatic heterocycles. The summed E-state index contributed by atoms with van der Waals surface area (Å²) < 4.78 is 21.6. The van der Waals surface area contributed by atoms with E-state index in [1.807, 2.05) is 22.7 Å². The fourth-order valence-electron chi connectivity index (χ4n) is 3.14. The van der Waals surface area contributed by atoms with Gasteiger partial charge in [-0.2, -0.15) is 0 Å². The van der Waals surface area contributed by atoms with Gasteiger partial charge in [0, 0.05) is 25.4 Å². The predicted octanol–water partition coefficient (Wildman–Crippen LogP) is 2.05. The van der Waals surface area contributed by atoms with Gasteiger partial charge in [0.1, 0.15) is 29.1 Å². The molecule has 4 heterocycles. The maximum atomic E-state index is 13.8. The van der Waals surface area contributed by atoms with Gasteiger partial charge in [0.25, 0.3) is 0 Å². The Hall–Kier alpha value is -2.74. The Bertz CT molecular complexity index is 940. The molecule has 8 heteroatoms. The summed E-state index contributed by atoms with van der Waals surface area (Å²) in [5.74, 6) is 1.39. The minimum atomic E-state index is -0.929. The van der Waals surface area contributed by atoms with Crippen LogP contribution >= 0.6 is 0 Å². The molecule has 7 nitrogen and oxygen atoms in total. The van der Waals surface area contributed by atoms with Crippen molar-refractivity contribution in [1.29, 1.82) is 0 Å². The zero-order valence-electron chi connectivity index (χ0n) is 14.1. The molecule has 0 spiro atoms. The molecule has 0 radical (unpaired) electrons. The van der Waals surface area contributed by atoms with E-state index in [1.54, 1.807) is 18.6 Å². The lowest BCUT2D eigenvalue weighted by Crippen LogP contribution is -2.29. The third-order valence-electron chi connectivity index (χ3n) is 4.68. The van der Waals surface area contributed by atoms with Gasteiger partial charge in [-0.3, -0.25) is 9.38 Å². The topological polar surface area (TPSA) is 76.4 Å². The lowest BCUT2D eigenvalue weighted by atomic mass is 10.2. The Morgan fingerprint density at radius 3 is 2.96 bits per heavy atom. The van der Waals surface area contributed by atoms with E-state index >= 15 is 0 Å². The van der Waals surface area contributed by atoms with Crippen LogP contribution in [0.2, 0.25) is 0 Å². The zero-order chi connectivity index (χ0) is 17.5. The number of nitrogens with zero attached hydrogens (tertiary/aromatic N) is 4. The normalized spacial score (nSPS) is 22.7. The van der Waals surface area contributed by atoms with E-state index in [1.165, 1.54) is 0 Å². The fraction of sp³-hybridized carbons (Fsp3) is 0.389. The van der Waals surface area contributed by atoms with E-state index in [0.29, 0.717) is 30.7 Å². The highest BCUT2D eigenvalue weighted by Crippen LogP contribution is 2.28. The molecule has 2 fully saturated rings. The van der Waals surface area contributed by atoms with Crippen molar-refractivity contribution in [3.05, 3.63) is 36.9 Å². The molecule has 0 bridgehead atoms. The summed E-state index contributed by atoms with van der Waals surface area (Å²) in [6.07, 6.45) is 8.65. The summed E-state index contributed by atoms with van der Waals surface area (Å²) >= 11 is 0. The van der Waals surface area contributed by atoms with Crippen LogP contribution in [0.3, 0.4) is 0 Å². The van der Waals surface area contributed by atoms with Crippen LogP contribution in [0, 0.1) is 0 Å². The molecule has 0 aromatic carbocycles. The first-order chi connectivity index (χ1) is 12.8. The number of halogens is 1. The van der Waals surface area contributed by atoms with Crippen molar-refractivity contribution in [2.75, 3.05) is 18.4 Å². The number of fused-ring (bicyclic) bond motifs is 1. The number of hydrogen-bond acceptors (Lipinski definition) is 6. The van der Waals surface area contributed by atoms with Gasteiger partial charge in [-0.1, -0.05) is 0 Å². The molecule has 26 heavy (non-hydrogen) atoms. The number of hydrogen-bond donors (Lipinski definition) is 2. The first-order valence-corrected chi connectivity index (χ1v) is 8.84. The van der Waals surface area contributed by atoms with Crippen LogP contribution in [0.1, 0.15) is 12.8 Å². The number of aromatic nitrogens is 4. The molecule has 1 saturated heterocycles. The number of imidazole rings is 1. The van der Waals surface area contributed by atoms with E-state index in [-0.39, 0.29) is 6.04 Å². The number of anilines is 1. The summed E-state index contributed by atoms with van der Waals surface area (Å²) in [5, 5.41) is 6.14. The van der Waals surface area contributed by atoms with Gasteiger partial charge in [-0.25, -0.2) is 14.4 Å². The lowest BCUT2D eigenvalue weighted by Gasteiger charge is -2.14. The summed E-state index contributed by atoms with van der Waals surface area (Å²) in [4.78, 5) is 13.3. The van der Waals surface area contributed by atoms with Gasteiger partial charge in [0.2, 0.25) is 0 Å². The van der Waals surface area contributed by atoms with Crippen LogP contribution in [-0.2, 0) is 0 Å². The highest BCUT2D eigenvalue weighted by molar-refractivity contribution is 5.61. The molecule has 2 N–H and O–H groups in total. The molecular weight excluding hydrogens is 335 g/mol. The molecule has 1 aliphatic carbocycles. The quantitative estimate of drug-likeness (QED) is 0.730. The van der Waals surface area contributed by atoms with E-state index in [2.05, 4.69) is 25.6 Å². The molecule has 0 amide bonds. The average molecular weight is 354 g/mol. The monoisotopic (exact) mass is 354 g/mol. The first-order valence-electron chi connectivity index (χ1n) is 8.84. The molecule has 3 aromatic rings. The van der Waals surface area contributed by atoms with E-state index in [9.17, 15) is 4.39 Å². The molecule has 0 unspecified atom stereocenters. The Kier molecular flexibility index (Phi) is 3.70. The minimum absolute atomic E-state index is 0.288. The second-order valence-corrected chi connectivity index (χ2v) is 6.77. The largest absolute Gasteiger partial charge is 0.490 e. The van der Waals surface area contributed by atoms with Crippen LogP contribution in [0.4, 0.5) is 10.2 Å². The Morgan fingerprint density at radius 1 is 1.23 bits per heavy atom. The smallest absolute Gasteiger partial charge is 0.145 e. The standard InChI is InChI=1S/C18H19FN6O/c19-13-6-20-7-14(13)23-17-10-21-8-15(24-17)16-9-22-18-5-12(3-4-25(16)18)26-11-1-2-11/h3-5,8-11,13-14,20H,1-2,6-7H2,(H,23,24)/t13-,14-/m0/s1. The highest BCUT2D eigenvalue weighted by Gasteiger charge is 2.27. The SMILES string of the molecule is F[C@H]1CNC[C@@H]1Nc1cncc(-c2cnc3cc(OC4CC4)ccn23)n1. The highest BCUT2D eigenvalue weighted by atomic mass is 19.1. The van der Waals surface area contributed by atoms with Gasteiger partial charge in [0.15, 0.2) is 0 Å². The van der Waals surface area contributed by atoms with Crippen molar-refractivity contribution in [2.45, 2.75) is 31.2 Å². The second kappa shape index (κ2) is 6.21. The summed E-state index contributed by atoms with van der Waals surface area (Å²) in [5.41, 5.74) is 2.30. The van der Waals surface area contributed by atoms with Crippen molar-refractivity contribution >= 4 is 11.5 Å². The van der Waals surface area contributed by atoms with Crippen LogP contribution in [0.5, 0.6) is 5.75 Å². The van der Waals surface area contributed by atoms with Gasteiger partial charge in [0.05, 0.1) is 36.4 Å². The molecule has 1 saturated carbocycles. The van der Waals surface area contributed by atoms with Crippen molar-refractivity contribution < 1.29 is 9.13 Å². The van der Waals surface area contributed by atoms with Crippen molar-refractivity contribution in [2.24, 2.45) is 0 Å². The van der Waals surface area contributed by atoms with E-state index < -0.39 is 6.17 Å². The van der Waals surface area contributed by atoms with Gasteiger partial charge < -0.3 is 15.4 Å². The fourth-order valence-corrected chi connectivity index (χ4v) is 3.14. The third-order valence-corrected chi connectivity index (χ3v) is 4.68. The number of ether oxygens (including phenoxy) is 1. The van der Waals surface area contributed by atoms with Crippen LogP contribution in [0.25, 0.3) is 17.0 Å². The van der Waals surface area contributed by atoms with E-state index in [4.69, 9.17) is 4.74 Å². The van der Waals surface area contributed by atoms with Crippen molar-refractivity contribution in [3.8, 4) is 17.1 Å². The number of rotatable bonds is 5. The first kappa shape index (κ1) is 15.5. The molecule has 134 valence electrons. The van der Waals surface area contributed by atoms with Crippen molar-refractivity contribution in [1.82, 2.24) is 24.7 Å². The number of pyridine rings is 1. The van der Waals surface area contributed by atoms with Crippen LogP contribution in [-0.4, -0.2) is 50.8 Å². The number of alkyl halides is 1. The minimum Gasteiger partial charge on any atom is -0.490 e.